The highest BCUT2D eigenvalue weighted by Gasteiger charge is 2.13. The van der Waals surface area contributed by atoms with Crippen LogP contribution in [0.3, 0.4) is 0 Å². The third-order valence-corrected chi connectivity index (χ3v) is 3.16. The number of carboxylic acids is 1. The van der Waals surface area contributed by atoms with E-state index in [-0.39, 0.29) is 11.6 Å². The number of carbonyl (C=O) groups is 2. The zero-order chi connectivity index (χ0) is 15.4. The number of carbonyl (C=O) groups excluding carboxylic acids is 1. The molecule has 0 saturated carbocycles. The predicted molar refractivity (Wildman–Crippen MR) is 78.4 cm³/mol. The van der Waals surface area contributed by atoms with Crippen molar-refractivity contribution in [1.82, 2.24) is 9.88 Å². The summed E-state index contributed by atoms with van der Waals surface area (Å²) < 4.78 is 0. The molecule has 2 rings (SSSR count). The molecule has 6 heteroatoms. The molecular weight excluding hydrogens is 292 g/mol. The number of rotatable bonds is 4. The Morgan fingerprint density at radius 2 is 1.86 bits per heavy atom. The van der Waals surface area contributed by atoms with E-state index in [1.165, 1.54) is 23.2 Å². The summed E-state index contributed by atoms with van der Waals surface area (Å²) in [4.78, 5) is 28.2. The molecule has 1 heterocycles. The maximum absolute atomic E-state index is 12.2. The number of aromatic nitrogens is 1. The Bertz CT molecular complexity index is 654. The smallest absolute Gasteiger partial charge is 0.354 e. The van der Waals surface area contributed by atoms with Gasteiger partial charge < -0.3 is 10.0 Å². The van der Waals surface area contributed by atoms with Crippen molar-refractivity contribution in [3.05, 3.63) is 64.4 Å². The van der Waals surface area contributed by atoms with E-state index < -0.39 is 5.97 Å². The van der Waals surface area contributed by atoms with Crippen LogP contribution < -0.4 is 0 Å². The fourth-order valence-electron chi connectivity index (χ4n) is 1.80. The number of pyridine rings is 1. The minimum atomic E-state index is -1.12. The Labute approximate surface area is 126 Å². The molecule has 0 aliphatic heterocycles. The van der Waals surface area contributed by atoms with Crippen LogP contribution in [-0.4, -0.2) is 33.9 Å². The number of halogens is 1. The summed E-state index contributed by atoms with van der Waals surface area (Å²) in [6, 6.07) is 9.98. The predicted octanol–water partition coefficient (Wildman–Crippen LogP) is 2.71. The Hall–Kier alpha value is -2.40. The summed E-state index contributed by atoms with van der Waals surface area (Å²) in [6.45, 7) is 0.427. The second-order valence-electron chi connectivity index (χ2n) is 4.52. The highest BCUT2D eigenvalue weighted by atomic mass is 35.5. The summed E-state index contributed by atoms with van der Waals surface area (Å²) in [5.74, 6) is -1.35. The zero-order valence-electron chi connectivity index (χ0n) is 11.3. The topological polar surface area (TPSA) is 70.5 Å². The summed E-state index contributed by atoms with van der Waals surface area (Å²) in [5, 5.41) is 9.41. The van der Waals surface area contributed by atoms with Crippen LogP contribution in [0.4, 0.5) is 0 Å². The molecule has 21 heavy (non-hydrogen) atoms. The molecule has 0 radical (unpaired) electrons. The maximum atomic E-state index is 12.2. The molecule has 1 aromatic carbocycles. The van der Waals surface area contributed by atoms with E-state index >= 15 is 0 Å². The van der Waals surface area contributed by atoms with Gasteiger partial charge in [0.05, 0.1) is 5.56 Å². The van der Waals surface area contributed by atoms with Gasteiger partial charge >= 0.3 is 5.97 Å². The summed E-state index contributed by atoms with van der Waals surface area (Å²) in [5.41, 5.74) is 1.20. The number of amides is 1. The van der Waals surface area contributed by atoms with Crippen LogP contribution >= 0.6 is 11.6 Å². The van der Waals surface area contributed by atoms with Crippen molar-refractivity contribution >= 4 is 23.5 Å². The molecule has 0 unspecified atom stereocenters. The van der Waals surface area contributed by atoms with Gasteiger partial charge in [-0.1, -0.05) is 23.7 Å². The van der Waals surface area contributed by atoms with E-state index in [9.17, 15) is 9.59 Å². The van der Waals surface area contributed by atoms with Crippen LogP contribution in [-0.2, 0) is 6.54 Å². The molecule has 0 bridgehead atoms. The number of hydrogen-bond donors (Lipinski definition) is 1. The standard InChI is InChI=1S/C15H13ClN2O3/c1-18(9-10-2-5-12(16)6-3-10)14(19)11-4-7-13(15(20)21)17-8-11/h2-8H,9H2,1H3,(H,20,21). The first-order valence-corrected chi connectivity index (χ1v) is 6.54. The summed E-state index contributed by atoms with van der Waals surface area (Å²) >= 11 is 5.81. The molecule has 108 valence electrons. The zero-order valence-corrected chi connectivity index (χ0v) is 12.0. The fourth-order valence-corrected chi connectivity index (χ4v) is 1.93. The van der Waals surface area contributed by atoms with Gasteiger partial charge in [-0.15, -0.1) is 0 Å². The first kappa shape index (κ1) is 15.0. The van der Waals surface area contributed by atoms with E-state index in [0.717, 1.165) is 5.56 Å². The molecule has 0 atom stereocenters. The van der Waals surface area contributed by atoms with Gasteiger partial charge in [-0.25, -0.2) is 9.78 Å². The molecule has 1 N–H and O–H groups in total. The van der Waals surface area contributed by atoms with Gasteiger partial charge in [-0.2, -0.15) is 0 Å². The van der Waals surface area contributed by atoms with Crippen LogP contribution in [0.2, 0.25) is 5.02 Å². The molecule has 0 fully saturated rings. The van der Waals surface area contributed by atoms with E-state index in [0.29, 0.717) is 17.1 Å². The van der Waals surface area contributed by atoms with Gasteiger partial charge in [0.25, 0.3) is 5.91 Å². The highest BCUT2D eigenvalue weighted by molar-refractivity contribution is 6.30. The Kier molecular flexibility index (Phi) is 4.55. The molecule has 5 nitrogen and oxygen atoms in total. The van der Waals surface area contributed by atoms with Gasteiger partial charge in [0.1, 0.15) is 5.69 Å². The molecule has 2 aromatic rings. The monoisotopic (exact) mass is 304 g/mol. The number of benzene rings is 1. The van der Waals surface area contributed by atoms with E-state index in [1.54, 1.807) is 19.2 Å². The lowest BCUT2D eigenvalue weighted by atomic mass is 10.2. The normalized spacial score (nSPS) is 10.2. The van der Waals surface area contributed by atoms with Crippen molar-refractivity contribution in [2.75, 3.05) is 7.05 Å². The molecule has 1 aromatic heterocycles. The second-order valence-corrected chi connectivity index (χ2v) is 4.96. The Morgan fingerprint density at radius 3 is 2.38 bits per heavy atom. The van der Waals surface area contributed by atoms with Crippen LogP contribution in [0.25, 0.3) is 0 Å². The van der Waals surface area contributed by atoms with Gasteiger partial charge in [0, 0.05) is 24.8 Å². The van der Waals surface area contributed by atoms with E-state index in [2.05, 4.69) is 4.98 Å². The first-order chi connectivity index (χ1) is 9.97. The molecular formula is C15H13ClN2O3. The average molecular weight is 305 g/mol. The third-order valence-electron chi connectivity index (χ3n) is 2.91. The van der Waals surface area contributed by atoms with E-state index in [1.807, 2.05) is 12.1 Å². The lowest BCUT2D eigenvalue weighted by Crippen LogP contribution is -2.26. The molecule has 0 spiro atoms. The lowest BCUT2D eigenvalue weighted by molar-refractivity contribution is 0.0688. The summed E-state index contributed by atoms with van der Waals surface area (Å²) in [7, 11) is 1.67. The number of carboxylic acid groups (broad SMARTS) is 1. The van der Waals surface area contributed by atoms with E-state index in [4.69, 9.17) is 16.7 Å². The van der Waals surface area contributed by atoms with Crippen molar-refractivity contribution in [3.63, 3.8) is 0 Å². The SMILES string of the molecule is CN(Cc1ccc(Cl)cc1)C(=O)c1ccc(C(=O)O)nc1. The minimum Gasteiger partial charge on any atom is -0.477 e. The highest BCUT2D eigenvalue weighted by Crippen LogP contribution is 2.12. The Balaban J connectivity index is 2.08. The first-order valence-electron chi connectivity index (χ1n) is 6.16. The van der Waals surface area contributed by atoms with Crippen LogP contribution in [0.15, 0.2) is 42.6 Å². The van der Waals surface area contributed by atoms with Crippen LogP contribution in [0, 0.1) is 0 Å². The van der Waals surface area contributed by atoms with Crippen molar-refractivity contribution in [1.29, 1.82) is 0 Å². The molecule has 0 aliphatic rings. The quantitative estimate of drug-likeness (QED) is 0.943. The van der Waals surface area contributed by atoms with Crippen LogP contribution in [0.5, 0.6) is 0 Å². The molecule has 1 amide bonds. The molecule has 0 saturated heterocycles. The molecule has 0 aliphatic carbocycles. The lowest BCUT2D eigenvalue weighted by Gasteiger charge is -2.17. The van der Waals surface area contributed by atoms with Gasteiger partial charge in [-0.05, 0) is 29.8 Å². The number of hydrogen-bond acceptors (Lipinski definition) is 3. The fraction of sp³-hybridized carbons (Fsp3) is 0.133. The van der Waals surface area contributed by atoms with Crippen molar-refractivity contribution < 1.29 is 14.7 Å². The Morgan fingerprint density at radius 1 is 1.19 bits per heavy atom. The maximum Gasteiger partial charge on any atom is 0.354 e. The number of nitrogens with zero attached hydrogens (tertiary/aromatic N) is 2. The van der Waals surface area contributed by atoms with Gasteiger partial charge in [0.15, 0.2) is 0 Å². The number of aromatic carboxylic acids is 1. The largest absolute Gasteiger partial charge is 0.477 e. The second kappa shape index (κ2) is 6.37. The van der Waals surface area contributed by atoms with Crippen LogP contribution in [0.1, 0.15) is 26.4 Å². The minimum absolute atomic E-state index is 0.0908. The van der Waals surface area contributed by atoms with Gasteiger partial charge in [-0.3, -0.25) is 4.79 Å². The third kappa shape index (κ3) is 3.79. The van der Waals surface area contributed by atoms with Crippen molar-refractivity contribution in [3.8, 4) is 0 Å². The average Bonchev–Trinajstić information content (AvgIpc) is 2.49. The summed E-state index contributed by atoms with van der Waals surface area (Å²) in [6.07, 6.45) is 1.27. The van der Waals surface area contributed by atoms with Crippen molar-refractivity contribution in [2.45, 2.75) is 6.54 Å². The van der Waals surface area contributed by atoms with Gasteiger partial charge in [0.2, 0.25) is 0 Å². The van der Waals surface area contributed by atoms with Crippen molar-refractivity contribution in [2.24, 2.45) is 0 Å².